The Hall–Kier alpha value is -0.980. The summed E-state index contributed by atoms with van der Waals surface area (Å²) in [4.78, 5) is 0. The number of ether oxygens (including phenoxy) is 1. The quantitative estimate of drug-likeness (QED) is 0.629. The van der Waals surface area contributed by atoms with Crippen molar-refractivity contribution in [2.45, 2.75) is 27.2 Å². The van der Waals surface area contributed by atoms with Crippen LogP contribution in [0, 0.1) is 5.41 Å². The van der Waals surface area contributed by atoms with Crippen LogP contribution in [0.2, 0.25) is 0 Å². The van der Waals surface area contributed by atoms with Gasteiger partial charge in [-0.05, 0) is 25.5 Å². The minimum Gasteiger partial charge on any atom is -0.497 e. The molecule has 1 unspecified atom stereocenters. The van der Waals surface area contributed by atoms with Crippen molar-refractivity contribution < 1.29 is 4.74 Å². The Balaban J connectivity index is 3.03. The smallest absolute Gasteiger partial charge is 0.115 e. The molecule has 1 atom stereocenters. The maximum absolute atomic E-state index is 5.26. The molecule has 0 fully saturated rings. The van der Waals surface area contributed by atoms with Crippen LogP contribution in [0.4, 0.5) is 0 Å². The first-order chi connectivity index (χ1) is 6.09. The van der Waals surface area contributed by atoms with Gasteiger partial charge in [-0.2, -0.15) is 0 Å². The Morgan fingerprint density at radius 1 is 1.31 bits per heavy atom. The molecule has 0 N–H and O–H groups in total. The lowest BCUT2D eigenvalue weighted by molar-refractivity contribution is 0.298. The summed E-state index contributed by atoms with van der Waals surface area (Å²) in [6.07, 6.45) is 9.68. The molecule has 1 aliphatic rings. The maximum Gasteiger partial charge on any atom is 0.115 e. The fraction of sp³-hybridized carbons (Fsp3) is 0.500. The number of allylic oxidation sites excluding steroid dienone is 5. The van der Waals surface area contributed by atoms with Gasteiger partial charge in [-0.15, -0.1) is 0 Å². The third-order valence-corrected chi connectivity index (χ3v) is 2.54. The summed E-state index contributed by atoms with van der Waals surface area (Å²) in [5, 5.41) is 0. The largest absolute Gasteiger partial charge is 0.497 e. The SMILES string of the molecule is CCC1(C)C=C(C)C=CC(OC)=C1. The van der Waals surface area contributed by atoms with E-state index in [4.69, 9.17) is 4.74 Å². The van der Waals surface area contributed by atoms with Crippen LogP contribution in [0.5, 0.6) is 0 Å². The van der Waals surface area contributed by atoms with Crippen molar-refractivity contribution in [3.63, 3.8) is 0 Å². The van der Waals surface area contributed by atoms with E-state index in [1.165, 1.54) is 5.57 Å². The average molecular weight is 178 g/mol. The third kappa shape index (κ3) is 2.48. The van der Waals surface area contributed by atoms with Crippen molar-refractivity contribution in [3.8, 4) is 0 Å². The monoisotopic (exact) mass is 178 g/mol. The van der Waals surface area contributed by atoms with Gasteiger partial charge in [0.25, 0.3) is 0 Å². The van der Waals surface area contributed by atoms with Gasteiger partial charge in [-0.25, -0.2) is 0 Å². The molecular formula is C12H18O. The molecule has 1 heteroatoms. The zero-order valence-corrected chi connectivity index (χ0v) is 8.92. The Labute approximate surface area is 80.8 Å². The van der Waals surface area contributed by atoms with Crippen molar-refractivity contribution in [2.75, 3.05) is 7.11 Å². The van der Waals surface area contributed by atoms with E-state index in [2.05, 4.69) is 39.0 Å². The van der Waals surface area contributed by atoms with Crippen molar-refractivity contribution in [1.29, 1.82) is 0 Å². The third-order valence-electron chi connectivity index (χ3n) is 2.54. The minimum atomic E-state index is 0.138. The van der Waals surface area contributed by atoms with Crippen molar-refractivity contribution >= 4 is 0 Å². The summed E-state index contributed by atoms with van der Waals surface area (Å²) < 4.78 is 5.26. The van der Waals surface area contributed by atoms with Crippen LogP contribution in [-0.2, 0) is 4.74 Å². The number of rotatable bonds is 2. The molecule has 0 aromatic carbocycles. The normalized spacial score (nSPS) is 27.7. The van der Waals surface area contributed by atoms with Crippen LogP contribution in [0.25, 0.3) is 0 Å². The second-order valence-electron chi connectivity index (χ2n) is 3.83. The molecule has 1 rings (SSSR count). The first kappa shape index (κ1) is 10.1. The van der Waals surface area contributed by atoms with E-state index >= 15 is 0 Å². The highest BCUT2D eigenvalue weighted by Crippen LogP contribution is 2.30. The zero-order valence-electron chi connectivity index (χ0n) is 8.92. The Morgan fingerprint density at radius 2 is 2.00 bits per heavy atom. The van der Waals surface area contributed by atoms with Gasteiger partial charge in [0.15, 0.2) is 0 Å². The molecule has 0 radical (unpaired) electrons. The summed E-state index contributed by atoms with van der Waals surface area (Å²) >= 11 is 0. The first-order valence-corrected chi connectivity index (χ1v) is 4.74. The van der Waals surface area contributed by atoms with E-state index in [1.807, 2.05) is 6.08 Å². The zero-order chi connectivity index (χ0) is 9.90. The van der Waals surface area contributed by atoms with Crippen LogP contribution < -0.4 is 0 Å². The Morgan fingerprint density at radius 3 is 2.54 bits per heavy atom. The molecule has 0 bridgehead atoms. The molecule has 0 aromatic rings. The summed E-state index contributed by atoms with van der Waals surface area (Å²) in [7, 11) is 1.72. The average Bonchev–Trinajstić information content (AvgIpc) is 2.25. The molecule has 1 nitrogen and oxygen atoms in total. The van der Waals surface area contributed by atoms with Crippen LogP contribution in [0.1, 0.15) is 27.2 Å². The standard InChI is InChI=1S/C12H18O/c1-5-12(3)8-10(2)6-7-11(9-12)13-4/h6-9H,5H2,1-4H3. The van der Waals surface area contributed by atoms with Gasteiger partial charge < -0.3 is 4.74 Å². The predicted octanol–water partition coefficient (Wildman–Crippen LogP) is 3.45. The maximum atomic E-state index is 5.26. The highest BCUT2D eigenvalue weighted by Gasteiger charge is 2.18. The highest BCUT2D eigenvalue weighted by molar-refractivity contribution is 5.32. The van der Waals surface area contributed by atoms with Crippen LogP contribution in [-0.4, -0.2) is 7.11 Å². The van der Waals surface area contributed by atoms with Gasteiger partial charge >= 0.3 is 0 Å². The fourth-order valence-corrected chi connectivity index (χ4v) is 1.53. The van der Waals surface area contributed by atoms with Gasteiger partial charge in [-0.1, -0.05) is 31.6 Å². The summed E-state index contributed by atoms with van der Waals surface area (Å²) in [6, 6.07) is 0. The molecular weight excluding hydrogens is 160 g/mol. The van der Waals surface area contributed by atoms with Crippen LogP contribution in [0.15, 0.2) is 35.6 Å². The molecule has 0 aliphatic heterocycles. The number of hydrogen-bond donors (Lipinski definition) is 0. The summed E-state index contributed by atoms with van der Waals surface area (Å²) in [6.45, 7) is 6.54. The molecule has 0 heterocycles. The second-order valence-corrected chi connectivity index (χ2v) is 3.83. The Kier molecular flexibility index (Phi) is 2.97. The van der Waals surface area contributed by atoms with Crippen molar-refractivity contribution in [2.24, 2.45) is 5.41 Å². The fourth-order valence-electron chi connectivity index (χ4n) is 1.53. The van der Waals surface area contributed by atoms with E-state index in [0.717, 1.165) is 12.2 Å². The molecule has 0 saturated carbocycles. The highest BCUT2D eigenvalue weighted by atomic mass is 16.5. The van der Waals surface area contributed by atoms with E-state index in [9.17, 15) is 0 Å². The number of hydrogen-bond acceptors (Lipinski definition) is 1. The summed E-state index contributed by atoms with van der Waals surface area (Å²) in [5.41, 5.74) is 1.44. The van der Waals surface area contributed by atoms with E-state index in [0.29, 0.717) is 0 Å². The van der Waals surface area contributed by atoms with Crippen molar-refractivity contribution in [1.82, 2.24) is 0 Å². The lowest BCUT2D eigenvalue weighted by atomic mass is 9.86. The molecule has 0 spiro atoms. The van der Waals surface area contributed by atoms with E-state index < -0.39 is 0 Å². The minimum absolute atomic E-state index is 0.138. The van der Waals surface area contributed by atoms with Gasteiger partial charge in [0.2, 0.25) is 0 Å². The second kappa shape index (κ2) is 3.82. The summed E-state index contributed by atoms with van der Waals surface area (Å²) in [5.74, 6) is 0.956. The lowest BCUT2D eigenvalue weighted by Gasteiger charge is -2.20. The van der Waals surface area contributed by atoms with E-state index in [1.54, 1.807) is 7.11 Å². The Bertz CT molecular complexity index is 271. The topological polar surface area (TPSA) is 9.23 Å². The molecule has 1 aliphatic carbocycles. The van der Waals surface area contributed by atoms with Crippen LogP contribution >= 0.6 is 0 Å². The van der Waals surface area contributed by atoms with Gasteiger partial charge in [0.05, 0.1) is 7.11 Å². The van der Waals surface area contributed by atoms with E-state index in [-0.39, 0.29) is 5.41 Å². The molecule has 72 valence electrons. The van der Waals surface area contributed by atoms with Gasteiger partial charge in [0.1, 0.15) is 5.76 Å². The van der Waals surface area contributed by atoms with Gasteiger partial charge in [-0.3, -0.25) is 0 Å². The number of methoxy groups -OCH3 is 1. The molecule has 13 heavy (non-hydrogen) atoms. The molecule has 0 aromatic heterocycles. The molecule has 0 saturated heterocycles. The van der Waals surface area contributed by atoms with Crippen LogP contribution in [0.3, 0.4) is 0 Å². The predicted molar refractivity (Wildman–Crippen MR) is 56.4 cm³/mol. The van der Waals surface area contributed by atoms with Gasteiger partial charge in [0, 0.05) is 5.41 Å². The first-order valence-electron chi connectivity index (χ1n) is 4.74. The lowest BCUT2D eigenvalue weighted by Crippen LogP contribution is -2.08. The van der Waals surface area contributed by atoms with Crippen molar-refractivity contribution in [3.05, 3.63) is 35.6 Å². The molecule has 0 amide bonds.